The van der Waals surface area contributed by atoms with E-state index < -0.39 is 16.9 Å². The zero-order valence-corrected chi connectivity index (χ0v) is 11.6. The third-order valence-electron chi connectivity index (χ3n) is 3.17. The van der Waals surface area contributed by atoms with Crippen molar-refractivity contribution in [1.29, 1.82) is 0 Å². The summed E-state index contributed by atoms with van der Waals surface area (Å²) in [5.74, 6) is -1.03. The number of aliphatic carboxylic acids is 1. The van der Waals surface area contributed by atoms with E-state index in [1.807, 2.05) is 0 Å². The Morgan fingerprint density at radius 3 is 2.77 bits per heavy atom. The molecule has 0 aliphatic rings. The fraction of sp³-hybridized carbons (Fsp3) is 0.417. The van der Waals surface area contributed by atoms with Gasteiger partial charge in [0.2, 0.25) is 5.52 Å². The summed E-state index contributed by atoms with van der Waals surface area (Å²) in [5, 5.41) is 30.0. The molecule has 2 rings (SSSR count). The smallest absolute Gasteiger partial charge is 0.326 e. The number of nitro groups is 1. The number of hydrogen-bond donors (Lipinski definition) is 3. The van der Waals surface area contributed by atoms with Crippen molar-refractivity contribution in [3.63, 3.8) is 0 Å². The highest BCUT2D eigenvalue weighted by Gasteiger charge is 2.23. The van der Waals surface area contributed by atoms with E-state index in [4.69, 9.17) is 5.73 Å². The second-order valence-electron chi connectivity index (χ2n) is 4.67. The predicted octanol–water partition coefficient (Wildman–Crippen LogP) is 1.13. The Bertz CT molecular complexity index is 686. The van der Waals surface area contributed by atoms with Crippen LogP contribution >= 0.6 is 0 Å². The molecular weight excluding hydrogens is 294 g/mol. The van der Waals surface area contributed by atoms with Gasteiger partial charge in [-0.3, -0.25) is 10.1 Å². The number of carboxylic acids is 1. The lowest BCUT2D eigenvalue weighted by Crippen LogP contribution is -2.29. The van der Waals surface area contributed by atoms with Crippen LogP contribution in [0.5, 0.6) is 0 Å². The third kappa shape index (κ3) is 3.28. The largest absolute Gasteiger partial charge is 0.480 e. The molecule has 0 radical (unpaired) electrons. The highest BCUT2D eigenvalue weighted by molar-refractivity contribution is 5.94. The number of non-ortho nitro benzene ring substituents is 1. The topological polar surface area (TPSA) is 157 Å². The highest BCUT2D eigenvalue weighted by Crippen LogP contribution is 2.29. The molecule has 10 nitrogen and oxygen atoms in total. The van der Waals surface area contributed by atoms with Gasteiger partial charge in [-0.1, -0.05) is 0 Å². The molecule has 0 aliphatic heterocycles. The molecule has 1 aromatic heterocycles. The van der Waals surface area contributed by atoms with Crippen molar-refractivity contribution < 1.29 is 19.5 Å². The Morgan fingerprint density at radius 1 is 1.41 bits per heavy atom. The molecule has 10 heteroatoms. The molecule has 1 atom stereocenters. The maximum atomic E-state index is 11.3. The Balaban J connectivity index is 2.26. The number of aromatic nitrogens is 2. The van der Waals surface area contributed by atoms with Crippen molar-refractivity contribution in [2.24, 2.45) is 5.73 Å². The van der Waals surface area contributed by atoms with Gasteiger partial charge in [0.25, 0.3) is 0 Å². The number of rotatable bonds is 8. The number of nitrogens with zero attached hydrogens (tertiary/aromatic N) is 3. The van der Waals surface area contributed by atoms with E-state index in [9.17, 15) is 20.0 Å². The number of nitrogens with two attached hydrogens (primary N) is 1. The van der Waals surface area contributed by atoms with E-state index in [1.165, 1.54) is 12.1 Å². The number of nitrogens with one attached hydrogen (secondary N) is 1. The van der Waals surface area contributed by atoms with Crippen LogP contribution in [0.3, 0.4) is 0 Å². The van der Waals surface area contributed by atoms with Crippen LogP contribution in [0.2, 0.25) is 0 Å². The van der Waals surface area contributed by atoms with E-state index in [0.717, 1.165) is 0 Å². The minimum absolute atomic E-state index is 0.0268. The molecular formula is C12H15N5O5. The molecule has 0 saturated heterocycles. The van der Waals surface area contributed by atoms with Crippen LogP contribution in [0, 0.1) is 10.1 Å². The van der Waals surface area contributed by atoms with Gasteiger partial charge in [-0.2, -0.15) is 0 Å². The lowest BCUT2D eigenvalue weighted by Gasteiger charge is -2.15. The lowest BCUT2D eigenvalue weighted by atomic mass is 10.1. The van der Waals surface area contributed by atoms with Crippen LogP contribution in [-0.4, -0.2) is 38.9 Å². The molecule has 0 bridgehead atoms. The van der Waals surface area contributed by atoms with Gasteiger partial charge < -0.3 is 16.2 Å². The van der Waals surface area contributed by atoms with Gasteiger partial charge in [-0.25, -0.2) is 9.42 Å². The van der Waals surface area contributed by atoms with Crippen LogP contribution < -0.4 is 11.1 Å². The maximum absolute atomic E-state index is 11.3. The summed E-state index contributed by atoms with van der Waals surface area (Å²) in [4.78, 5) is 21.6. The van der Waals surface area contributed by atoms with Gasteiger partial charge in [-0.15, -0.1) is 0 Å². The quantitative estimate of drug-likeness (QED) is 0.369. The fourth-order valence-corrected chi connectivity index (χ4v) is 2.06. The number of carbonyl (C=O) groups is 1. The minimum Gasteiger partial charge on any atom is -0.480 e. The molecule has 1 heterocycles. The number of unbranched alkanes of at least 4 members (excludes halogenated alkanes) is 1. The molecule has 0 unspecified atom stereocenters. The molecule has 2 aromatic rings. The van der Waals surface area contributed by atoms with Crippen LogP contribution in [0.25, 0.3) is 11.0 Å². The first kappa shape index (κ1) is 15.6. The zero-order chi connectivity index (χ0) is 16.1. The lowest BCUT2D eigenvalue weighted by molar-refractivity contribution is -0.383. The van der Waals surface area contributed by atoms with Crippen LogP contribution in [0.4, 0.5) is 11.4 Å². The van der Waals surface area contributed by atoms with Crippen molar-refractivity contribution in [3.05, 3.63) is 22.2 Å². The first-order chi connectivity index (χ1) is 10.5. The molecule has 0 aliphatic carbocycles. The molecule has 0 spiro atoms. The standard InChI is InChI=1S/C12H15N5O5/c13-6-2-1-3-8(12(18)19)14-7-4-5-9(17(20)21)11-10(7)15-22-16-11/h4-5,8,14H,1-3,6,13H2,(H,18,19)/t8-/m0/s1. The van der Waals surface area contributed by atoms with Crippen molar-refractivity contribution in [2.45, 2.75) is 25.3 Å². The number of hydrogen-bond acceptors (Lipinski definition) is 8. The van der Waals surface area contributed by atoms with E-state index >= 15 is 0 Å². The van der Waals surface area contributed by atoms with Gasteiger partial charge >= 0.3 is 11.7 Å². The normalized spacial score (nSPS) is 12.2. The summed E-state index contributed by atoms with van der Waals surface area (Å²) in [5.41, 5.74) is 5.55. The van der Waals surface area contributed by atoms with E-state index in [0.29, 0.717) is 31.5 Å². The average Bonchev–Trinajstić information content (AvgIpc) is 2.95. The zero-order valence-electron chi connectivity index (χ0n) is 11.6. The monoisotopic (exact) mass is 309 g/mol. The summed E-state index contributed by atoms with van der Waals surface area (Å²) in [7, 11) is 0. The van der Waals surface area contributed by atoms with Gasteiger partial charge in [-0.05, 0) is 42.2 Å². The average molecular weight is 309 g/mol. The highest BCUT2D eigenvalue weighted by atomic mass is 16.6. The number of nitro benzene ring substituents is 1. The van der Waals surface area contributed by atoms with Crippen LogP contribution in [0.1, 0.15) is 19.3 Å². The Hall–Kier alpha value is -2.75. The molecule has 0 saturated carbocycles. The van der Waals surface area contributed by atoms with Crippen molar-refractivity contribution >= 4 is 28.4 Å². The van der Waals surface area contributed by atoms with Gasteiger partial charge in [0.1, 0.15) is 6.04 Å². The van der Waals surface area contributed by atoms with Crippen molar-refractivity contribution in [2.75, 3.05) is 11.9 Å². The summed E-state index contributed by atoms with van der Waals surface area (Å²) >= 11 is 0. The predicted molar refractivity (Wildman–Crippen MR) is 76.4 cm³/mol. The number of benzene rings is 1. The van der Waals surface area contributed by atoms with Crippen molar-refractivity contribution in [3.8, 4) is 0 Å². The Kier molecular flexibility index (Phi) is 4.84. The maximum Gasteiger partial charge on any atom is 0.326 e. The van der Waals surface area contributed by atoms with Crippen LogP contribution in [-0.2, 0) is 4.79 Å². The molecule has 22 heavy (non-hydrogen) atoms. The summed E-state index contributed by atoms with van der Waals surface area (Å²) in [6, 6.07) is 1.77. The molecule has 0 fully saturated rings. The van der Waals surface area contributed by atoms with Crippen LogP contribution in [0.15, 0.2) is 16.8 Å². The summed E-state index contributed by atoms with van der Waals surface area (Å²) in [6.07, 6.45) is 1.73. The minimum atomic E-state index is -1.03. The van der Waals surface area contributed by atoms with E-state index in [-0.39, 0.29) is 16.7 Å². The fourth-order valence-electron chi connectivity index (χ4n) is 2.06. The molecule has 118 valence electrons. The second kappa shape index (κ2) is 6.80. The second-order valence-corrected chi connectivity index (χ2v) is 4.67. The molecule has 0 amide bonds. The molecule has 4 N–H and O–H groups in total. The number of fused-ring (bicyclic) bond motifs is 1. The number of carboxylic acid groups (broad SMARTS) is 1. The molecule has 1 aromatic carbocycles. The van der Waals surface area contributed by atoms with Gasteiger partial charge in [0.05, 0.1) is 10.6 Å². The summed E-state index contributed by atoms with van der Waals surface area (Å²) in [6.45, 7) is 0.487. The van der Waals surface area contributed by atoms with Gasteiger partial charge in [0.15, 0.2) is 5.52 Å². The Morgan fingerprint density at radius 2 is 2.14 bits per heavy atom. The van der Waals surface area contributed by atoms with E-state index in [1.54, 1.807) is 0 Å². The first-order valence-electron chi connectivity index (χ1n) is 6.63. The Labute approximate surface area is 124 Å². The third-order valence-corrected chi connectivity index (χ3v) is 3.17. The van der Waals surface area contributed by atoms with E-state index in [2.05, 4.69) is 20.3 Å². The number of anilines is 1. The van der Waals surface area contributed by atoms with Crippen molar-refractivity contribution in [1.82, 2.24) is 10.3 Å². The summed E-state index contributed by atoms with van der Waals surface area (Å²) < 4.78 is 4.53. The SMILES string of the molecule is NCCCC[C@H](Nc1ccc([N+](=O)[O-])c2nonc12)C(=O)O. The van der Waals surface area contributed by atoms with Gasteiger partial charge in [0, 0.05) is 6.07 Å². The first-order valence-corrected chi connectivity index (χ1v) is 6.63.